The van der Waals surface area contributed by atoms with Crippen LogP contribution in [0.2, 0.25) is 0 Å². The van der Waals surface area contributed by atoms with Crippen molar-refractivity contribution >= 4 is 5.97 Å². The molecule has 0 amide bonds. The van der Waals surface area contributed by atoms with Crippen LogP contribution in [0.4, 0.5) is 0 Å². The first-order valence-corrected chi connectivity index (χ1v) is 11.2. The number of nitrogens with zero attached hydrogens (tertiary/aromatic N) is 1. The second kappa shape index (κ2) is 21.7. The lowest BCUT2D eigenvalue weighted by atomic mass is 10.1. The monoisotopic (exact) mass is 394 g/mol. The molecule has 0 saturated heterocycles. The van der Waals surface area contributed by atoms with E-state index >= 15 is 0 Å². The van der Waals surface area contributed by atoms with Gasteiger partial charge in [-0.1, -0.05) is 70.4 Å². The van der Waals surface area contributed by atoms with Crippen molar-refractivity contribution in [2.45, 2.75) is 103 Å². The van der Waals surface area contributed by atoms with Crippen molar-refractivity contribution in [1.82, 2.24) is 9.97 Å². The lowest BCUT2D eigenvalue weighted by Gasteiger charge is -1.99. The van der Waals surface area contributed by atoms with Crippen molar-refractivity contribution in [3.8, 4) is 0 Å². The summed E-state index contributed by atoms with van der Waals surface area (Å²) in [7, 11) is 0. The van der Waals surface area contributed by atoms with E-state index in [2.05, 4.69) is 29.0 Å². The Labute approximate surface area is 171 Å². The Hall–Kier alpha value is -1.62. The molecule has 0 bridgehead atoms. The third-order valence-corrected chi connectivity index (χ3v) is 4.56. The second-order valence-electron chi connectivity index (χ2n) is 7.24. The van der Waals surface area contributed by atoms with Gasteiger partial charge >= 0.3 is 5.97 Å². The highest BCUT2D eigenvalue weighted by molar-refractivity contribution is 5.66. The number of aromatic amines is 1. The summed E-state index contributed by atoms with van der Waals surface area (Å²) in [5.74, 6) is 0.176. The van der Waals surface area contributed by atoms with E-state index in [1.54, 1.807) is 12.4 Å². The number of hydrogen-bond donors (Lipinski definition) is 3. The van der Waals surface area contributed by atoms with Crippen LogP contribution in [0.25, 0.3) is 0 Å². The summed E-state index contributed by atoms with van der Waals surface area (Å²) in [6.45, 7) is 2.42. The van der Waals surface area contributed by atoms with Crippen LogP contribution in [-0.2, 0) is 11.2 Å². The number of carbonyl (C=O) groups is 1. The molecule has 0 saturated carbocycles. The van der Waals surface area contributed by atoms with Crippen LogP contribution in [-0.4, -0.2) is 32.8 Å². The standard InChI is InChI=1S/C18H34O2.C5H8N2O/c1-2-3-4-5-6-7-8-9-10-11-12-13-14-15-16-17-18(19)20;8-4-1-5-6-2-3-7-5/h9-10H,2-8,11-17H2,1H3,(H,19,20);2-3,8H,1,4H2,(H,6,7)/b10-9-;. The number of nitrogens with one attached hydrogen (secondary N) is 1. The Balaban J connectivity index is 0.000000749. The van der Waals surface area contributed by atoms with Crippen molar-refractivity contribution in [2.75, 3.05) is 6.61 Å². The van der Waals surface area contributed by atoms with Crippen molar-refractivity contribution in [2.24, 2.45) is 0 Å². The molecule has 1 aromatic heterocycles. The Morgan fingerprint density at radius 2 is 1.54 bits per heavy atom. The minimum absolute atomic E-state index is 0.160. The summed E-state index contributed by atoms with van der Waals surface area (Å²) >= 11 is 0. The van der Waals surface area contributed by atoms with Gasteiger partial charge in [-0.2, -0.15) is 0 Å². The highest BCUT2D eigenvalue weighted by Gasteiger charge is 1.95. The van der Waals surface area contributed by atoms with Crippen molar-refractivity contribution in [3.63, 3.8) is 0 Å². The van der Waals surface area contributed by atoms with Crippen molar-refractivity contribution < 1.29 is 15.0 Å². The molecule has 0 radical (unpaired) electrons. The molecule has 0 atom stereocenters. The smallest absolute Gasteiger partial charge is 0.303 e. The number of allylic oxidation sites excluding steroid dienone is 2. The average Bonchev–Trinajstić information content (AvgIpc) is 3.19. The van der Waals surface area contributed by atoms with Gasteiger partial charge in [-0.05, 0) is 32.1 Å². The fourth-order valence-electron chi connectivity index (χ4n) is 2.89. The highest BCUT2D eigenvalue weighted by Crippen LogP contribution is 2.09. The molecular weight excluding hydrogens is 352 g/mol. The van der Waals surface area contributed by atoms with Crippen LogP contribution in [0, 0.1) is 0 Å². The molecule has 5 heteroatoms. The molecule has 5 nitrogen and oxygen atoms in total. The first-order chi connectivity index (χ1) is 13.7. The van der Waals surface area contributed by atoms with Crippen LogP contribution in [0.5, 0.6) is 0 Å². The average molecular weight is 395 g/mol. The summed E-state index contributed by atoms with van der Waals surface area (Å²) in [4.78, 5) is 17.1. The molecular formula is C23H42N2O3. The number of unbranched alkanes of at least 4 members (excludes halogenated alkanes) is 11. The van der Waals surface area contributed by atoms with Gasteiger partial charge in [0, 0.05) is 25.2 Å². The lowest BCUT2D eigenvalue weighted by Crippen LogP contribution is -1.93. The Bertz CT molecular complexity index is 458. The minimum atomic E-state index is -0.664. The highest BCUT2D eigenvalue weighted by atomic mass is 16.4. The van der Waals surface area contributed by atoms with Crippen LogP contribution in [0.1, 0.15) is 103 Å². The summed E-state index contributed by atoms with van der Waals surface area (Å²) in [5.41, 5.74) is 0. The van der Waals surface area contributed by atoms with E-state index in [4.69, 9.17) is 10.2 Å². The maximum atomic E-state index is 10.3. The molecule has 0 spiro atoms. The molecule has 0 unspecified atom stereocenters. The SMILES string of the molecule is CCCCCCCC/C=C\CCCCCCCC(=O)O.OCCc1ncc[nH]1. The van der Waals surface area contributed by atoms with Crippen LogP contribution >= 0.6 is 0 Å². The third-order valence-electron chi connectivity index (χ3n) is 4.56. The number of hydrogen-bond acceptors (Lipinski definition) is 3. The molecule has 0 fully saturated rings. The van der Waals surface area contributed by atoms with Gasteiger partial charge in [0.2, 0.25) is 0 Å². The van der Waals surface area contributed by atoms with Gasteiger partial charge in [0.05, 0.1) is 6.61 Å². The first-order valence-electron chi connectivity index (χ1n) is 11.2. The van der Waals surface area contributed by atoms with Gasteiger partial charge in [-0.25, -0.2) is 4.98 Å². The van der Waals surface area contributed by atoms with Gasteiger partial charge in [-0.15, -0.1) is 0 Å². The van der Waals surface area contributed by atoms with Crippen LogP contribution < -0.4 is 0 Å². The predicted octanol–water partition coefficient (Wildman–Crippen LogP) is 6.05. The summed E-state index contributed by atoms with van der Waals surface area (Å²) in [5, 5.41) is 16.9. The second-order valence-corrected chi connectivity index (χ2v) is 7.24. The molecule has 0 aliphatic heterocycles. The molecule has 0 aromatic carbocycles. The number of aliphatic hydroxyl groups is 1. The number of rotatable bonds is 17. The molecule has 1 aromatic rings. The van der Waals surface area contributed by atoms with E-state index in [1.165, 1.54) is 70.6 Å². The van der Waals surface area contributed by atoms with E-state index in [9.17, 15) is 4.79 Å². The Morgan fingerprint density at radius 3 is 2.04 bits per heavy atom. The molecule has 0 aliphatic carbocycles. The van der Waals surface area contributed by atoms with Crippen molar-refractivity contribution in [1.29, 1.82) is 0 Å². The summed E-state index contributed by atoms with van der Waals surface area (Å²) in [6, 6.07) is 0. The minimum Gasteiger partial charge on any atom is -0.481 e. The zero-order valence-electron chi connectivity index (χ0n) is 17.9. The van der Waals surface area contributed by atoms with Gasteiger partial charge in [0.25, 0.3) is 0 Å². The van der Waals surface area contributed by atoms with Crippen LogP contribution in [0.3, 0.4) is 0 Å². The number of aliphatic carboxylic acids is 1. The number of H-pyrrole nitrogens is 1. The number of imidazole rings is 1. The third kappa shape index (κ3) is 20.7. The number of carboxylic acids is 1. The lowest BCUT2D eigenvalue weighted by molar-refractivity contribution is -0.137. The van der Waals surface area contributed by atoms with E-state index in [0.29, 0.717) is 12.8 Å². The largest absolute Gasteiger partial charge is 0.481 e. The van der Waals surface area contributed by atoms with Gasteiger partial charge in [0.15, 0.2) is 0 Å². The van der Waals surface area contributed by atoms with Gasteiger partial charge in [0.1, 0.15) is 5.82 Å². The van der Waals surface area contributed by atoms with E-state index < -0.39 is 5.97 Å². The molecule has 28 heavy (non-hydrogen) atoms. The quantitative estimate of drug-likeness (QED) is 0.222. The van der Waals surface area contributed by atoms with Crippen molar-refractivity contribution in [3.05, 3.63) is 30.4 Å². The van der Waals surface area contributed by atoms with E-state index in [1.807, 2.05) is 0 Å². The molecule has 162 valence electrons. The van der Waals surface area contributed by atoms with E-state index in [-0.39, 0.29) is 6.61 Å². The summed E-state index contributed by atoms with van der Waals surface area (Å²) in [6.07, 6.45) is 25.3. The number of aliphatic hydroxyl groups excluding tert-OH is 1. The Morgan fingerprint density at radius 1 is 0.964 bits per heavy atom. The number of carboxylic acid groups (broad SMARTS) is 1. The first kappa shape index (κ1) is 26.4. The molecule has 0 aliphatic rings. The Kier molecular flexibility index (Phi) is 20.4. The maximum Gasteiger partial charge on any atom is 0.303 e. The summed E-state index contributed by atoms with van der Waals surface area (Å²) < 4.78 is 0. The van der Waals surface area contributed by atoms with Gasteiger partial charge in [-0.3, -0.25) is 4.79 Å². The molecule has 1 heterocycles. The molecule has 3 N–H and O–H groups in total. The number of aromatic nitrogens is 2. The topological polar surface area (TPSA) is 86.2 Å². The van der Waals surface area contributed by atoms with Crippen LogP contribution in [0.15, 0.2) is 24.5 Å². The molecule has 1 rings (SSSR count). The fourth-order valence-corrected chi connectivity index (χ4v) is 2.89. The van der Waals surface area contributed by atoms with E-state index in [0.717, 1.165) is 18.7 Å². The maximum absolute atomic E-state index is 10.3. The zero-order valence-corrected chi connectivity index (χ0v) is 17.9. The van der Waals surface area contributed by atoms with Gasteiger partial charge < -0.3 is 15.2 Å². The fraction of sp³-hybridized carbons (Fsp3) is 0.739. The normalized spacial score (nSPS) is 10.8. The predicted molar refractivity (Wildman–Crippen MR) is 116 cm³/mol. The zero-order chi connectivity index (χ0) is 20.7.